The summed E-state index contributed by atoms with van der Waals surface area (Å²) in [6.07, 6.45) is 0.536. The number of carbonyl (C=O) groups excluding carboxylic acids is 1. The smallest absolute Gasteiger partial charge is 0.221 e. The van der Waals surface area contributed by atoms with Crippen molar-refractivity contribution in [3.8, 4) is 0 Å². The maximum absolute atomic E-state index is 12.1. The van der Waals surface area contributed by atoms with Crippen molar-refractivity contribution < 1.29 is 4.79 Å². The first-order chi connectivity index (χ1) is 10.6. The number of hydrogen-bond donors (Lipinski definition) is 1. The van der Waals surface area contributed by atoms with E-state index in [-0.39, 0.29) is 11.9 Å². The number of rotatable bonds is 6. The second kappa shape index (κ2) is 8.04. The Kier molecular flexibility index (Phi) is 6.08. The van der Waals surface area contributed by atoms with E-state index in [4.69, 9.17) is 0 Å². The molecule has 116 valence electrons. The van der Waals surface area contributed by atoms with Crippen LogP contribution in [0.3, 0.4) is 0 Å². The van der Waals surface area contributed by atoms with E-state index in [1.807, 2.05) is 25.1 Å². The van der Waals surface area contributed by atoms with Gasteiger partial charge in [-0.25, -0.2) is 0 Å². The van der Waals surface area contributed by atoms with E-state index < -0.39 is 0 Å². The van der Waals surface area contributed by atoms with Crippen LogP contribution in [0.1, 0.15) is 36.1 Å². The molecule has 0 aliphatic rings. The summed E-state index contributed by atoms with van der Waals surface area (Å²) in [5, 5.41) is 3.10. The fourth-order valence-corrected chi connectivity index (χ4v) is 3.27. The van der Waals surface area contributed by atoms with E-state index in [1.165, 1.54) is 21.6 Å². The first-order valence-corrected chi connectivity index (χ1v) is 8.59. The first kappa shape index (κ1) is 16.6. The average molecular weight is 313 g/mol. The van der Waals surface area contributed by atoms with E-state index in [9.17, 15) is 4.79 Å². The van der Waals surface area contributed by atoms with Crippen LogP contribution in [-0.2, 0) is 4.79 Å². The minimum Gasteiger partial charge on any atom is -0.350 e. The minimum absolute atomic E-state index is 0.0501. The summed E-state index contributed by atoms with van der Waals surface area (Å²) in [4.78, 5) is 13.3. The minimum atomic E-state index is 0.0501. The molecule has 0 aromatic heterocycles. The van der Waals surface area contributed by atoms with Crippen molar-refractivity contribution in [1.29, 1.82) is 0 Å². The van der Waals surface area contributed by atoms with Crippen LogP contribution in [0.15, 0.2) is 53.4 Å². The van der Waals surface area contributed by atoms with E-state index in [0.717, 1.165) is 5.75 Å². The van der Waals surface area contributed by atoms with Gasteiger partial charge in [0.1, 0.15) is 0 Å². The SMILES string of the molecule is Cc1ccc(C)c(C(C)NC(=O)CCSc2ccccc2)c1. The van der Waals surface area contributed by atoms with Crippen LogP contribution in [0, 0.1) is 13.8 Å². The molecule has 2 aromatic carbocycles. The Labute approximate surface area is 137 Å². The molecule has 2 rings (SSSR count). The van der Waals surface area contributed by atoms with Crippen molar-refractivity contribution in [3.63, 3.8) is 0 Å². The molecule has 0 saturated heterocycles. The number of amides is 1. The van der Waals surface area contributed by atoms with Gasteiger partial charge in [0.15, 0.2) is 0 Å². The normalized spacial score (nSPS) is 12.0. The third kappa shape index (κ3) is 4.92. The van der Waals surface area contributed by atoms with Crippen molar-refractivity contribution in [2.24, 2.45) is 0 Å². The lowest BCUT2D eigenvalue weighted by Crippen LogP contribution is -2.27. The number of carbonyl (C=O) groups is 1. The molecule has 2 nitrogen and oxygen atoms in total. The highest BCUT2D eigenvalue weighted by Crippen LogP contribution is 2.20. The molecule has 0 heterocycles. The second-order valence-electron chi connectivity index (χ2n) is 5.56. The molecule has 3 heteroatoms. The van der Waals surface area contributed by atoms with Gasteiger partial charge in [0, 0.05) is 17.1 Å². The molecule has 1 unspecified atom stereocenters. The van der Waals surface area contributed by atoms with Crippen LogP contribution in [0.2, 0.25) is 0 Å². The summed E-state index contributed by atoms with van der Waals surface area (Å²) in [7, 11) is 0. The van der Waals surface area contributed by atoms with Crippen molar-refractivity contribution in [2.45, 2.75) is 38.1 Å². The predicted molar refractivity (Wildman–Crippen MR) is 94.3 cm³/mol. The van der Waals surface area contributed by atoms with Gasteiger partial charge in [0.25, 0.3) is 0 Å². The second-order valence-corrected chi connectivity index (χ2v) is 6.73. The monoisotopic (exact) mass is 313 g/mol. The fourth-order valence-electron chi connectivity index (χ4n) is 2.40. The summed E-state index contributed by atoms with van der Waals surface area (Å²) in [5.74, 6) is 0.909. The summed E-state index contributed by atoms with van der Waals surface area (Å²) >= 11 is 1.72. The fraction of sp³-hybridized carbons (Fsp3) is 0.316. The quantitative estimate of drug-likeness (QED) is 0.786. The molecule has 0 aliphatic heterocycles. The molecule has 0 radical (unpaired) electrons. The zero-order valence-electron chi connectivity index (χ0n) is 13.4. The van der Waals surface area contributed by atoms with Gasteiger partial charge >= 0.3 is 0 Å². The average Bonchev–Trinajstić information content (AvgIpc) is 2.50. The van der Waals surface area contributed by atoms with Crippen LogP contribution >= 0.6 is 11.8 Å². The third-order valence-electron chi connectivity index (χ3n) is 3.62. The van der Waals surface area contributed by atoms with Crippen molar-refractivity contribution >= 4 is 17.7 Å². The maximum Gasteiger partial charge on any atom is 0.221 e. The largest absolute Gasteiger partial charge is 0.350 e. The predicted octanol–water partition coefficient (Wildman–Crippen LogP) is 4.66. The molecule has 0 spiro atoms. The number of nitrogens with one attached hydrogen (secondary N) is 1. The van der Waals surface area contributed by atoms with E-state index in [1.54, 1.807) is 11.8 Å². The lowest BCUT2D eigenvalue weighted by molar-refractivity contribution is -0.121. The van der Waals surface area contributed by atoms with Gasteiger partial charge in [-0.15, -0.1) is 11.8 Å². The van der Waals surface area contributed by atoms with E-state index >= 15 is 0 Å². The van der Waals surface area contributed by atoms with Crippen LogP contribution in [-0.4, -0.2) is 11.7 Å². The molecule has 1 amide bonds. The summed E-state index contributed by atoms with van der Waals surface area (Å²) < 4.78 is 0. The van der Waals surface area contributed by atoms with Crippen LogP contribution in [0.5, 0.6) is 0 Å². The molecule has 2 aromatic rings. The zero-order valence-corrected chi connectivity index (χ0v) is 14.2. The molecule has 1 N–H and O–H groups in total. The molecule has 1 atom stereocenters. The number of aryl methyl sites for hydroxylation is 2. The van der Waals surface area contributed by atoms with Gasteiger partial charge in [0.2, 0.25) is 5.91 Å². The topological polar surface area (TPSA) is 29.1 Å². The summed E-state index contributed by atoms with van der Waals surface area (Å²) in [6, 6.07) is 16.6. The standard InChI is InChI=1S/C19H23NOS/c1-14-9-10-15(2)18(13-14)16(3)20-19(21)11-12-22-17-7-5-4-6-8-17/h4-10,13,16H,11-12H2,1-3H3,(H,20,21). The number of hydrogen-bond acceptors (Lipinski definition) is 2. The first-order valence-electron chi connectivity index (χ1n) is 7.60. The molecule has 0 fully saturated rings. The van der Waals surface area contributed by atoms with Crippen LogP contribution < -0.4 is 5.32 Å². The Balaban J connectivity index is 1.82. The van der Waals surface area contributed by atoms with Gasteiger partial charge in [0.05, 0.1) is 6.04 Å². The lowest BCUT2D eigenvalue weighted by Gasteiger charge is -2.17. The molecular weight excluding hydrogens is 290 g/mol. The molecule has 0 saturated carbocycles. The summed E-state index contributed by atoms with van der Waals surface area (Å²) in [6.45, 7) is 6.21. The van der Waals surface area contributed by atoms with E-state index in [2.05, 4.69) is 49.5 Å². The third-order valence-corrected chi connectivity index (χ3v) is 4.63. The highest BCUT2D eigenvalue weighted by atomic mass is 32.2. The molecule has 22 heavy (non-hydrogen) atoms. The maximum atomic E-state index is 12.1. The Morgan fingerprint density at radius 2 is 1.86 bits per heavy atom. The van der Waals surface area contributed by atoms with Gasteiger partial charge in [-0.3, -0.25) is 4.79 Å². The van der Waals surface area contributed by atoms with Gasteiger partial charge in [-0.1, -0.05) is 42.0 Å². The Hall–Kier alpha value is -1.74. The summed E-state index contributed by atoms with van der Waals surface area (Å²) in [5.41, 5.74) is 3.64. The molecule has 0 aliphatic carbocycles. The number of thioether (sulfide) groups is 1. The lowest BCUT2D eigenvalue weighted by atomic mass is 10.00. The number of benzene rings is 2. The van der Waals surface area contributed by atoms with Gasteiger partial charge < -0.3 is 5.32 Å². The molecular formula is C19H23NOS. The Morgan fingerprint density at radius 1 is 1.14 bits per heavy atom. The van der Waals surface area contributed by atoms with Crippen molar-refractivity contribution in [3.05, 3.63) is 65.2 Å². The highest BCUT2D eigenvalue weighted by molar-refractivity contribution is 7.99. The van der Waals surface area contributed by atoms with E-state index in [0.29, 0.717) is 6.42 Å². The van der Waals surface area contributed by atoms with Gasteiger partial charge in [-0.2, -0.15) is 0 Å². The van der Waals surface area contributed by atoms with Crippen molar-refractivity contribution in [1.82, 2.24) is 5.32 Å². The van der Waals surface area contributed by atoms with Gasteiger partial charge in [-0.05, 0) is 44.0 Å². The molecule has 0 bridgehead atoms. The Morgan fingerprint density at radius 3 is 2.59 bits per heavy atom. The highest BCUT2D eigenvalue weighted by Gasteiger charge is 2.11. The Bertz CT molecular complexity index is 625. The zero-order chi connectivity index (χ0) is 15.9. The van der Waals surface area contributed by atoms with Crippen LogP contribution in [0.4, 0.5) is 0 Å². The van der Waals surface area contributed by atoms with Crippen LogP contribution in [0.25, 0.3) is 0 Å². The van der Waals surface area contributed by atoms with Crippen molar-refractivity contribution in [2.75, 3.05) is 5.75 Å².